The fourth-order valence-corrected chi connectivity index (χ4v) is 4.06. The molecule has 0 amide bonds. The number of hydrogen-bond acceptors (Lipinski definition) is 3. The lowest BCUT2D eigenvalue weighted by atomic mass is 9.93. The Kier molecular flexibility index (Phi) is 4.60. The van der Waals surface area contributed by atoms with E-state index in [1.165, 1.54) is 30.6 Å². The summed E-state index contributed by atoms with van der Waals surface area (Å²) >= 11 is 1.88. The van der Waals surface area contributed by atoms with Gasteiger partial charge >= 0.3 is 0 Å². The molecule has 17 heavy (non-hydrogen) atoms. The second-order valence-electron chi connectivity index (χ2n) is 5.06. The summed E-state index contributed by atoms with van der Waals surface area (Å²) in [4.78, 5) is 4.18. The van der Waals surface area contributed by atoms with Crippen LogP contribution in [0.5, 0.6) is 0 Å². The SMILES string of the molecule is CCC(c1cccs1)N1C(C)CCCC1CN. The molecule has 3 heteroatoms. The molecule has 1 saturated heterocycles. The highest BCUT2D eigenvalue weighted by Gasteiger charge is 2.32. The molecule has 0 aromatic carbocycles. The summed E-state index contributed by atoms with van der Waals surface area (Å²) < 4.78 is 0. The lowest BCUT2D eigenvalue weighted by Gasteiger charge is -2.44. The van der Waals surface area contributed by atoms with Gasteiger partial charge in [0.05, 0.1) is 0 Å². The van der Waals surface area contributed by atoms with Crippen molar-refractivity contribution in [2.75, 3.05) is 6.54 Å². The number of thiophene rings is 1. The Morgan fingerprint density at radius 1 is 1.53 bits per heavy atom. The highest BCUT2D eigenvalue weighted by Crippen LogP contribution is 2.35. The maximum Gasteiger partial charge on any atom is 0.0445 e. The van der Waals surface area contributed by atoms with Crippen molar-refractivity contribution >= 4 is 11.3 Å². The number of nitrogens with zero attached hydrogens (tertiary/aromatic N) is 1. The molecule has 0 spiro atoms. The summed E-state index contributed by atoms with van der Waals surface area (Å²) in [5.41, 5.74) is 5.96. The molecule has 96 valence electrons. The van der Waals surface area contributed by atoms with Gasteiger partial charge in [-0.1, -0.05) is 19.4 Å². The fraction of sp³-hybridized carbons (Fsp3) is 0.714. The molecule has 2 rings (SSSR count). The summed E-state index contributed by atoms with van der Waals surface area (Å²) in [6.07, 6.45) is 5.10. The summed E-state index contributed by atoms with van der Waals surface area (Å²) in [7, 11) is 0. The second kappa shape index (κ2) is 5.98. The van der Waals surface area contributed by atoms with Crippen molar-refractivity contribution in [3.63, 3.8) is 0 Å². The van der Waals surface area contributed by atoms with Crippen molar-refractivity contribution in [1.82, 2.24) is 4.90 Å². The predicted octanol–water partition coefficient (Wildman–Crippen LogP) is 3.40. The number of piperidine rings is 1. The minimum atomic E-state index is 0.568. The van der Waals surface area contributed by atoms with E-state index in [0.717, 1.165) is 6.54 Å². The highest BCUT2D eigenvalue weighted by atomic mass is 32.1. The summed E-state index contributed by atoms with van der Waals surface area (Å²) in [5, 5.41) is 2.18. The molecule has 2 heterocycles. The smallest absolute Gasteiger partial charge is 0.0445 e. The highest BCUT2D eigenvalue weighted by molar-refractivity contribution is 7.10. The molecule has 1 aliphatic rings. The van der Waals surface area contributed by atoms with Crippen LogP contribution in [0, 0.1) is 0 Å². The van der Waals surface area contributed by atoms with Gasteiger partial charge in [-0.15, -0.1) is 11.3 Å². The van der Waals surface area contributed by atoms with E-state index in [-0.39, 0.29) is 0 Å². The Bertz CT molecular complexity index is 323. The lowest BCUT2D eigenvalue weighted by molar-refractivity contribution is 0.0487. The molecule has 1 aromatic heterocycles. The van der Waals surface area contributed by atoms with Crippen LogP contribution in [0.4, 0.5) is 0 Å². The van der Waals surface area contributed by atoms with Crippen LogP contribution >= 0.6 is 11.3 Å². The monoisotopic (exact) mass is 252 g/mol. The van der Waals surface area contributed by atoms with E-state index in [4.69, 9.17) is 5.73 Å². The molecule has 0 saturated carbocycles. The van der Waals surface area contributed by atoms with Gasteiger partial charge in [0, 0.05) is 29.5 Å². The normalized spacial score (nSPS) is 28.2. The average molecular weight is 252 g/mol. The minimum Gasteiger partial charge on any atom is -0.329 e. The van der Waals surface area contributed by atoms with Crippen LogP contribution in [0.3, 0.4) is 0 Å². The summed E-state index contributed by atoms with van der Waals surface area (Å²) in [5.74, 6) is 0. The third kappa shape index (κ3) is 2.72. The van der Waals surface area contributed by atoms with Crippen LogP contribution in [0.1, 0.15) is 50.4 Å². The molecule has 0 bridgehead atoms. The van der Waals surface area contributed by atoms with Crippen LogP contribution in [-0.4, -0.2) is 23.5 Å². The zero-order chi connectivity index (χ0) is 12.3. The zero-order valence-electron chi connectivity index (χ0n) is 10.9. The van der Waals surface area contributed by atoms with Gasteiger partial charge in [-0.2, -0.15) is 0 Å². The molecule has 3 unspecified atom stereocenters. The quantitative estimate of drug-likeness (QED) is 0.890. The first-order chi connectivity index (χ1) is 8.27. The second-order valence-corrected chi connectivity index (χ2v) is 6.04. The lowest BCUT2D eigenvalue weighted by Crippen LogP contribution is -2.50. The standard InChI is InChI=1S/C14H24N2S/c1-3-13(14-8-5-9-17-14)16-11(2)6-4-7-12(16)10-15/h5,8-9,11-13H,3-4,6-7,10,15H2,1-2H3. The van der Waals surface area contributed by atoms with E-state index in [2.05, 4.69) is 36.3 Å². The van der Waals surface area contributed by atoms with Crippen LogP contribution in [-0.2, 0) is 0 Å². The van der Waals surface area contributed by atoms with E-state index in [9.17, 15) is 0 Å². The molecule has 3 atom stereocenters. The predicted molar refractivity (Wildman–Crippen MR) is 75.3 cm³/mol. The third-order valence-corrected chi connectivity index (χ3v) is 4.95. The molecule has 2 nitrogen and oxygen atoms in total. The van der Waals surface area contributed by atoms with Crippen molar-refractivity contribution < 1.29 is 0 Å². The number of nitrogens with two attached hydrogens (primary N) is 1. The van der Waals surface area contributed by atoms with E-state index >= 15 is 0 Å². The fourth-order valence-electron chi connectivity index (χ4n) is 3.15. The molecular formula is C14H24N2S. The van der Waals surface area contributed by atoms with Crippen molar-refractivity contribution in [1.29, 1.82) is 0 Å². The maximum atomic E-state index is 5.96. The summed E-state index contributed by atoms with van der Waals surface area (Å²) in [6, 6.07) is 6.25. The molecule has 0 aliphatic carbocycles. The first kappa shape index (κ1) is 13.1. The molecular weight excluding hydrogens is 228 g/mol. The minimum absolute atomic E-state index is 0.568. The maximum absolute atomic E-state index is 5.96. The molecule has 1 fully saturated rings. The van der Waals surface area contributed by atoms with Gasteiger partial charge in [-0.25, -0.2) is 0 Å². The van der Waals surface area contributed by atoms with Gasteiger partial charge in [0.1, 0.15) is 0 Å². The Labute approximate surface area is 109 Å². The summed E-state index contributed by atoms with van der Waals surface area (Å²) in [6.45, 7) is 5.45. The first-order valence-corrected chi connectivity index (χ1v) is 7.66. The van der Waals surface area contributed by atoms with Crippen LogP contribution in [0.2, 0.25) is 0 Å². The van der Waals surface area contributed by atoms with Crippen LogP contribution in [0.15, 0.2) is 17.5 Å². The largest absolute Gasteiger partial charge is 0.329 e. The van der Waals surface area contributed by atoms with Gasteiger partial charge in [-0.05, 0) is 37.6 Å². The van der Waals surface area contributed by atoms with E-state index in [0.29, 0.717) is 18.1 Å². The number of hydrogen-bond donors (Lipinski definition) is 1. The zero-order valence-corrected chi connectivity index (χ0v) is 11.7. The van der Waals surface area contributed by atoms with Crippen molar-refractivity contribution in [2.24, 2.45) is 5.73 Å². The Hall–Kier alpha value is -0.380. The van der Waals surface area contributed by atoms with Gasteiger partial charge in [-0.3, -0.25) is 4.90 Å². The van der Waals surface area contributed by atoms with Crippen molar-refractivity contribution in [3.8, 4) is 0 Å². The molecule has 0 radical (unpaired) electrons. The van der Waals surface area contributed by atoms with Crippen LogP contribution in [0.25, 0.3) is 0 Å². The number of likely N-dealkylation sites (tertiary alicyclic amines) is 1. The Balaban J connectivity index is 2.21. The Morgan fingerprint density at radius 2 is 2.35 bits per heavy atom. The molecule has 2 N–H and O–H groups in total. The van der Waals surface area contributed by atoms with E-state index in [1.54, 1.807) is 0 Å². The Morgan fingerprint density at radius 3 is 2.94 bits per heavy atom. The number of rotatable bonds is 4. The van der Waals surface area contributed by atoms with Gasteiger partial charge in [0.15, 0.2) is 0 Å². The van der Waals surface area contributed by atoms with Gasteiger partial charge in [0.25, 0.3) is 0 Å². The average Bonchev–Trinajstić information content (AvgIpc) is 2.86. The third-order valence-electron chi connectivity index (χ3n) is 3.98. The van der Waals surface area contributed by atoms with Crippen LogP contribution < -0.4 is 5.73 Å². The first-order valence-electron chi connectivity index (χ1n) is 6.78. The molecule has 1 aliphatic heterocycles. The van der Waals surface area contributed by atoms with E-state index in [1.807, 2.05) is 11.3 Å². The van der Waals surface area contributed by atoms with Gasteiger partial charge < -0.3 is 5.73 Å². The van der Waals surface area contributed by atoms with Crippen molar-refractivity contribution in [2.45, 2.75) is 57.7 Å². The molecule has 1 aromatic rings. The topological polar surface area (TPSA) is 29.3 Å². The van der Waals surface area contributed by atoms with E-state index < -0.39 is 0 Å². The van der Waals surface area contributed by atoms with Gasteiger partial charge in [0.2, 0.25) is 0 Å². The van der Waals surface area contributed by atoms with Crippen molar-refractivity contribution in [3.05, 3.63) is 22.4 Å².